The SMILES string of the molecule is FC(F)(F)c1ccc(Nc2ccncc2Br)cc1. The third-order valence-electron chi connectivity index (χ3n) is 2.26. The molecule has 0 radical (unpaired) electrons. The molecule has 2 nitrogen and oxygen atoms in total. The average molecular weight is 317 g/mol. The van der Waals surface area contributed by atoms with Crippen LogP contribution in [0.3, 0.4) is 0 Å². The Labute approximate surface area is 110 Å². The van der Waals surface area contributed by atoms with Crippen LogP contribution in [-0.2, 0) is 6.18 Å². The smallest absolute Gasteiger partial charge is 0.355 e. The van der Waals surface area contributed by atoms with Crippen molar-refractivity contribution in [2.75, 3.05) is 5.32 Å². The summed E-state index contributed by atoms with van der Waals surface area (Å²) in [6.07, 6.45) is -1.11. The van der Waals surface area contributed by atoms with E-state index < -0.39 is 11.7 Å². The number of nitrogens with one attached hydrogen (secondary N) is 1. The summed E-state index contributed by atoms with van der Waals surface area (Å²) in [6, 6.07) is 6.57. The molecule has 0 saturated heterocycles. The summed E-state index contributed by atoms with van der Waals surface area (Å²) in [7, 11) is 0. The van der Waals surface area contributed by atoms with Gasteiger partial charge in [0.2, 0.25) is 0 Å². The van der Waals surface area contributed by atoms with Crippen LogP contribution in [0.5, 0.6) is 0 Å². The summed E-state index contributed by atoms with van der Waals surface area (Å²) in [4.78, 5) is 3.90. The highest BCUT2D eigenvalue weighted by atomic mass is 79.9. The first-order valence-corrected chi connectivity index (χ1v) is 5.80. The Hall–Kier alpha value is -1.56. The molecule has 2 aromatic rings. The van der Waals surface area contributed by atoms with E-state index in [9.17, 15) is 13.2 Å². The van der Waals surface area contributed by atoms with E-state index in [4.69, 9.17) is 0 Å². The molecule has 0 amide bonds. The summed E-state index contributed by atoms with van der Waals surface area (Å²) in [6.45, 7) is 0. The number of hydrogen-bond acceptors (Lipinski definition) is 2. The van der Waals surface area contributed by atoms with Crippen LogP contribution in [0.1, 0.15) is 5.56 Å². The van der Waals surface area contributed by atoms with Gasteiger partial charge in [0.25, 0.3) is 0 Å². The Morgan fingerprint density at radius 3 is 2.28 bits per heavy atom. The van der Waals surface area contributed by atoms with Crippen molar-refractivity contribution in [3.8, 4) is 0 Å². The lowest BCUT2D eigenvalue weighted by Crippen LogP contribution is -2.04. The van der Waals surface area contributed by atoms with Crippen LogP contribution in [0.25, 0.3) is 0 Å². The quantitative estimate of drug-likeness (QED) is 0.875. The van der Waals surface area contributed by atoms with E-state index in [1.165, 1.54) is 12.1 Å². The van der Waals surface area contributed by atoms with Crippen LogP contribution in [0, 0.1) is 0 Å². The van der Waals surface area contributed by atoms with Gasteiger partial charge in [-0.2, -0.15) is 13.2 Å². The largest absolute Gasteiger partial charge is 0.416 e. The zero-order valence-electron chi connectivity index (χ0n) is 9.00. The van der Waals surface area contributed by atoms with Gasteiger partial charge in [0.15, 0.2) is 0 Å². The van der Waals surface area contributed by atoms with Gasteiger partial charge in [-0.25, -0.2) is 0 Å². The van der Waals surface area contributed by atoms with Crippen LogP contribution in [-0.4, -0.2) is 4.98 Å². The van der Waals surface area contributed by atoms with Crippen molar-refractivity contribution in [3.63, 3.8) is 0 Å². The molecule has 1 heterocycles. The van der Waals surface area contributed by atoms with E-state index in [0.717, 1.165) is 22.3 Å². The molecule has 0 aliphatic rings. The van der Waals surface area contributed by atoms with Crippen LogP contribution < -0.4 is 5.32 Å². The highest BCUT2D eigenvalue weighted by Gasteiger charge is 2.29. The number of halogens is 4. The maximum Gasteiger partial charge on any atom is 0.416 e. The van der Waals surface area contributed by atoms with Gasteiger partial charge in [-0.15, -0.1) is 0 Å². The van der Waals surface area contributed by atoms with Crippen molar-refractivity contribution >= 4 is 27.3 Å². The molecular weight excluding hydrogens is 309 g/mol. The Balaban J connectivity index is 2.19. The molecule has 0 fully saturated rings. The molecule has 1 N–H and O–H groups in total. The van der Waals surface area contributed by atoms with Gasteiger partial charge in [-0.1, -0.05) is 0 Å². The lowest BCUT2D eigenvalue weighted by Gasteiger charge is -2.10. The molecule has 0 aliphatic heterocycles. The average Bonchev–Trinajstić information content (AvgIpc) is 2.32. The molecule has 1 aromatic carbocycles. The maximum atomic E-state index is 12.4. The number of nitrogens with zero attached hydrogens (tertiary/aromatic N) is 1. The minimum Gasteiger partial charge on any atom is -0.355 e. The van der Waals surface area contributed by atoms with E-state index in [-0.39, 0.29) is 0 Å². The number of alkyl halides is 3. The summed E-state index contributed by atoms with van der Waals surface area (Å²) >= 11 is 3.29. The molecule has 0 spiro atoms. The van der Waals surface area contributed by atoms with Gasteiger partial charge < -0.3 is 5.32 Å². The topological polar surface area (TPSA) is 24.9 Å². The zero-order valence-corrected chi connectivity index (χ0v) is 10.6. The second kappa shape index (κ2) is 4.97. The molecule has 0 aliphatic carbocycles. The fourth-order valence-corrected chi connectivity index (χ4v) is 1.72. The lowest BCUT2D eigenvalue weighted by atomic mass is 10.2. The maximum absolute atomic E-state index is 12.4. The lowest BCUT2D eigenvalue weighted by molar-refractivity contribution is -0.137. The predicted octanol–water partition coefficient (Wildman–Crippen LogP) is 4.61. The van der Waals surface area contributed by atoms with Crippen molar-refractivity contribution in [1.29, 1.82) is 0 Å². The number of benzene rings is 1. The summed E-state index contributed by atoms with van der Waals surface area (Å²) in [5.74, 6) is 0. The standard InChI is InChI=1S/C12H8BrF3N2/c13-10-7-17-6-5-11(10)18-9-3-1-8(2-4-9)12(14,15)16/h1-7H,(H,17,18). The highest BCUT2D eigenvalue weighted by molar-refractivity contribution is 9.10. The Kier molecular flexibility index (Phi) is 3.56. The molecule has 0 bridgehead atoms. The first kappa shape index (κ1) is 12.9. The third kappa shape index (κ3) is 3.01. The van der Waals surface area contributed by atoms with Crippen LogP contribution in [0.2, 0.25) is 0 Å². The number of hydrogen-bond donors (Lipinski definition) is 1. The summed E-state index contributed by atoms with van der Waals surface area (Å²) in [5, 5.41) is 3.00. The van der Waals surface area contributed by atoms with Gasteiger partial charge in [0.1, 0.15) is 0 Å². The van der Waals surface area contributed by atoms with Crippen LogP contribution in [0.15, 0.2) is 47.2 Å². The fourth-order valence-electron chi connectivity index (χ4n) is 1.37. The summed E-state index contributed by atoms with van der Waals surface area (Å²) in [5.41, 5.74) is 0.654. The molecule has 0 atom stereocenters. The van der Waals surface area contributed by atoms with Crippen molar-refractivity contribution in [2.45, 2.75) is 6.18 Å². The molecule has 2 rings (SSSR count). The molecule has 6 heteroatoms. The van der Waals surface area contributed by atoms with E-state index in [1.54, 1.807) is 18.5 Å². The van der Waals surface area contributed by atoms with Gasteiger partial charge in [0, 0.05) is 18.1 Å². The van der Waals surface area contributed by atoms with Crippen molar-refractivity contribution in [2.24, 2.45) is 0 Å². The monoisotopic (exact) mass is 316 g/mol. The van der Waals surface area contributed by atoms with Crippen molar-refractivity contribution in [1.82, 2.24) is 4.98 Å². The normalized spacial score (nSPS) is 11.3. The van der Waals surface area contributed by atoms with E-state index in [2.05, 4.69) is 26.2 Å². The zero-order chi connectivity index (χ0) is 13.2. The fraction of sp³-hybridized carbons (Fsp3) is 0.0833. The van der Waals surface area contributed by atoms with Crippen LogP contribution >= 0.6 is 15.9 Å². The number of anilines is 2. The molecular formula is C12H8BrF3N2. The highest BCUT2D eigenvalue weighted by Crippen LogP contribution is 2.31. The third-order valence-corrected chi connectivity index (χ3v) is 2.90. The van der Waals surface area contributed by atoms with E-state index in [0.29, 0.717) is 5.69 Å². The van der Waals surface area contributed by atoms with Crippen molar-refractivity contribution in [3.05, 3.63) is 52.8 Å². The number of pyridine rings is 1. The molecule has 18 heavy (non-hydrogen) atoms. The Morgan fingerprint density at radius 1 is 1.06 bits per heavy atom. The van der Waals surface area contributed by atoms with Gasteiger partial charge >= 0.3 is 6.18 Å². The first-order valence-electron chi connectivity index (χ1n) is 5.00. The van der Waals surface area contributed by atoms with Gasteiger partial charge in [-0.05, 0) is 46.3 Å². The van der Waals surface area contributed by atoms with Gasteiger partial charge in [-0.3, -0.25) is 4.98 Å². The minimum atomic E-state index is -4.31. The molecule has 1 aromatic heterocycles. The second-order valence-corrected chi connectivity index (χ2v) is 4.41. The number of aromatic nitrogens is 1. The van der Waals surface area contributed by atoms with Crippen LogP contribution in [0.4, 0.5) is 24.5 Å². The number of rotatable bonds is 2. The van der Waals surface area contributed by atoms with E-state index in [1.807, 2.05) is 0 Å². The molecule has 0 saturated carbocycles. The Morgan fingerprint density at radius 2 is 1.72 bits per heavy atom. The minimum absolute atomic E-state index is 0.579. The summed E-state index contributed by atoms with van der Waals surface area (Å²) < 4.78 is 37.9. The molecule has 0 unspecified atom stereocenters. The molecule has 94 valence electrons. The second-order valence-electron chi connectivity index (χ2n) is 3.56. The first-order chi connectivity index (χ1) is 8.47. The van der Waals surface area contributed by atoms with Gasteiger partial charge in [0.05, 0.1) is 15.7 Å². The van der Waals surface area contributed by atoms with Crippen molar-refractivity contribution < 1.29 is 13.2 Å². The van der Waals surface area contributed by atoms with E-state index >= 15 is 0 Å². The Bertz CT molecular complexity index is 538. The predicted molar refractivity (Wildman–Crippen MR) is 66.7 cm³/mol.